The Morgan fingerprint density at radius 2 is 0.875 bits per heavy atom. The number of benzene rings is 1. The van der Waals surface area contributed by atoms with Crippen LogP contribution in [0.4, 0.5) is 5.69 Å². The summed E-state index contributed by atoms with van der Waals surface area (Å²) in [6.45, 7) is -0.475. The summed E-state index contributed by atoms with van der Waals surface area (Å²) in [7, 11) is 0. The summed E-state index contributed by atoms with van der Waals surface area (Å²) in [5.74, 6) is -27.6. The maximum absolute atomic E-state index is 14.7. The van der Waals surface area contributed by atoms with Crippen LogP contribution < -0.4 is 53.6 Å². The number of rotatable bonds is 77. The number of thioether (sulfide) groups is 1. The minimum Gasteiger partial charge on any atom is -0.481 e. The van der Waals surface area contributed by atoms with Crippen LogP contribution in [0.1, 0.15) is 129 Å². The van der Waals surface area contributed by atoms with E-state index in [2.05, 4.69) is 47.9 Å². The van der Waals surface area contributed by atoms with Crippen LogP contribution in [0.5, 0.6) is 0 Å². The number of hydrogen-bond acceptors (Lipinski definition) is 40. The monoisotopic (exact) mass is 1970 g/mol. The molecular weight excluding hydrogens is 1840 g/mol. The smallest absolute Gasteiger partial charge is 0.327 e. The number of imide groups is 1. The Hall–Kier alpha value is -10.8. The number of likely N-dealkylation sites (tertiary alicyclic amines) is 1. The third kappa shape index (κ3) is 47.3. The van der Waals surface area contributed by atoms with E-state index in [0.29, 0.717) is 29.5 Å². The van der Waals surface area contributed by atoms with E-state index in [-0.39, 0.29) is 90.5 Å². The van der Waals surface area contributed by atoms with Crippen LogP contribution in [-0.4, -0.2) is 407 Å². The van der Waals surface area contributed by atoms with Crippen LogP contribution in [0.15, 0.2) is 24.3 Å². The molecule has 0 radical (unpaired) electrons. The fourth-order valence-electron chi connectivity index (χ4n) is 12.6. The lowest BCUT2D eigenvalue weighted by atomic mass is 9.89. The molecule has 136 heavy (non-hydrogen) atoms. The van der Waals surface area contributed by atoms with Gasteiger partial charge >= 0.3 is 17.9 Å². The molecule has 0 saturated carbocycles. The van der Waals surface area contributed by atoms with Crippen LogP contribution in [0, 0.1) is 23.7 Å². The van der Waals surface area contributed by atoms with Crippen molar-refractivity contribution in [3.8, 4) is 0 Å². The minimum atomic E-state index is -2.36. The summed E-state index contributed by atoms with van der Waals surface area (Å²) in [6.07, 6.45) is -31.4. The Labute approximate surface area is 783 Å². The fourth-order valence-corrected chi connectivity index (χ4v) is 13.8. The molecule has 1 unspecified atom stereocenters. The van der Waals surface area contributed by atoms with E-state index in [1.54, 1.807) is 45.0 Å². The molecule has 1 aliphatic rings. The molecule has 1 aliphatic heterocycles. The van der Waals surface area contributed by atoms with E-state index in [9.17, 15) is 162 Å². The van der Waals surface area contributed by atoms with Gasteiger partial charge in [0.2, 0.25) is 65.0 Å². The van der Waals surface area contributed by atoms with Gasteiger partial charge in [0, 0.05) is 133 Å². The van der Waals surface area contributed by atoms with E-state index < -0.39 is 362 Å². The first-order valence-corrected chi connectivity index (χ1v) is 44.3. The number of anilines is 1. The zero-order valence-electron chi connectivity index (χ0n) is 75.2. The average Bonchev–Trinajstić information content (AvgIpc) is 1.67. The molecule has 1 aromatic carbocycles. The highest BCUT2D eigenvalue weighted by molar-refractivity contribution is 8.00. The van der Waals surface area contributed by atoms with Gasteiger partial charge in [-0.3, -0.25) is 101 Å². The van der Waals surface area contributed by atoms with Crippen molar-refractivity contribution in [1.29, 1.82) is 0 Å². The summed E-state index contributed by atoms with van der Waals surface area (Å²) >= 11 is 0.565. The number of carboxylic acids is 3. The highest BCUT2D eigenvalue weighted by Crippen LogP contribution is 2.28. The average molecular weight is 1970 g/mol. The Kier molecular flexibility index (Phi) is 58.7. The van der Waals surface area contributed by atoms with E-state index >= 15 is 0 Å². The maximum atomic E-state index is 14.7. The lowest BCUT2D eigenvalue weighted by Gasteiger charge is -2.26. The molecule has 26 N–H and O–H groups in total. The number of ketones is 6. The van der Waals surface area contributed by atoms with Gasteiger partial charge in [-0.2, -0.15) is 0 Å². The molecule has 1 aromatic rings. The number of aliphatic hydroxyl groups is 12. The highest BCUT2D eigenvalue weighted by Gasteiger charge is 2.42. The second-order valence-corrected chi connectivity index (χ2v) is 33.0. The molecule has 766 valence electrons. The van der Waals surface area contributed by atoms with Crippen LogP contribution in [0.25, 0.3) is 0 Å². The Morgan fingerprint density at radius 3 is 1.29 bits per heavy atom. The van der Waals surface area contributed by atoms with Gasteiger partial charge in [0.25, 0.3) is 6.47 Å². The predicted molar refractivity (Wildman–Crippen MR) is 463 cm³/mol. The fraction of sp³-hybridized carbons (Fsp3) is 0.675. The summed E-state index contributed by atoms with van der Waals surface area (Å²) in [4.78, 5) is 273. The molecule has 53 heteroatoms. The van der Waals surface area contributed by atoms with Gasteiger partial charge in [-0.25, -0.2) is 4.79 Å². The second kappa shape index (κ2) is 65.8. The number of hydrogen-bond donors (Lipinski definition) is 25. The summed E-state index contributed by atoms with van der Waals surface area (Å²) in [5, 5.41) is 168. The lowest BCUT2D eigenvalue weighted by molar-refractivity contribution is -0.142. The molecule has 0 spiro atoms. The Bertz CT molecular complexity index is 4110. The number of nitrogens with one attached hydrogen (secondary N) is 9. The van der Waals surface area contributed by atoms with Crippen LogP contribution in [0.3, 0.4) is 0 Å². The zero-order valence-corrected chi connectivity index (χ0v) is 76.0. The molecule has 0 bridgehead atoms. The van der Waals surface area contributed by atoms with Crippen LogP contribution >= 0.6 is 11.8 Å². The first-order chi connectivity index (χ1) is 64.2. The molecule has 52 nitrogen and oxygen atoms in total. The Morgan fingerprint density at radius 1 is 0.463 bits per heavy atom. The first-order valence-electron chi connectivity index (χ1n) is 43.2. The maximum Gasteiger partial charge on any atom is 0.327 e. The number of carbonyl (C=O) groups is 21. The van der Waals surface area contributed by atoms with Crippen molar-refractivity contribution in [2.75, 3.05) is 116 Å². The van der Waals surface area contributed by atoms with Gasteiger partial charge in [0.15, 0.2) is 34.7 Å². The number of carboxylic acid groups (broad SMARTS) is 3. The molecule has 0 aromatic heterocycles. The number of nitrogens with two attached hydrogens (primary N) is 1. The van der Waals surface area contributed by atoms with Gasteiger partial charge in [0.05, 0.1) is 82.3 Å². The zero-order chi connectivity index (χ0) is 102. The molecule has 18 atom stereocenters. The SMILES string of the molecule is CC(C)[C@H](NC(=O)CCOCCOCCOCCOCCNC(=O)CCN1C(=O)CC(SC[C@@H](NC(=O)[C@H](CCC(=O)NC[C@H](O)[C@@H](O)[C@H](O)C(=O)CO)CC(=O)[C@@H](CCC(=O)O)NC(=O)[C@H](CCC(=O)NC[C@H](O)[C@@H](O)[C@H](O)C(=O)CO)CC(=O)[C@@H](CCC(=O)O)NC(=O)[C@@H](N)CCC(=O)NC[C@H](O)[C@@H](O)[C@H](O)C(=O)CO)C(=O)O)C1=O)C(=O)C[C@@H](C)C(=O)Nc1ccc(COC=O)cc1. The minimum absolute atomic E-state index is 0.00926. The van der Waals surface area contributed by atoms with Gasteiger partial charge in [-0.15, -0.1) is 11.8 Å². The van der Waals surface area contributed by atoms with Gasteiger partial charge < -0.3 is 154 Å². The van der Waals surface area contributed by atoms with E-state index in [1.165, 1.54) is 0 Å². The quantitative estimate of drug-likeness (QED) is 0.0164. The van der Waals surface area contributed by atoms with E-state index in [4.69, 9.17) is 44.7 Å². The third-order valence-electron chi connectivity index (χ3n) is 20.8. The van der Waals surface area contributed by atoms with E-state index in [1.807, 2.05) is 0 Å². The van der Waals surface area contributed by atoms with Crippen molar-refractivity contribution >= 4 is 142 Å². The molecular formula is C83H127N11O41S. The van der Waals surface area contributed by atoms with Gasteiger partial charge in [-0.1, -0.05) is 32.9 Å². The van der Waals surface area contributed by atoms with E-state index in [0.717, 1.165) is 4.90 Å². The lowest BCUT2D eigenvalue weighted by Crippen LogP contribution is -2.50. The van der Waals surface area contributed by atoms with Crippen molar-refractivity contribution < 1.29 is 201 Å². The topological polar surface area (TPSA) is 846 Å². The molecule has 1 heterocycles. The Balaban J connectivity index is 2.21. The van der Waals surface area contributed by atoms with Gasteiger partial charge in [-0.05, 0) is 55.7 Å². The first kappa shape index (κ1) is 121. The molecule has 11 amide bonds. The largest absolute Gasteiger partial charge is 0.481 e. The predicted octanol–water partition coefficient (Wildman–Crippen LogP) is -10.8. The van der Waals surface area contributed by atoms with Crippen molar-refractivity contribution in [3.05, 3.63) is 29.8 Å². The van der Waals surface area contributed by atoms with Crippen molar-refractivity contribution in [1.82, 2.24) is 47.4 Å². The number of ether oxygens (including phenoxy) is 5. The number of aliphatic hydroxyl groups excluding tert-OH is 12. The molecule has 1 saturated heterocycles. The third-order valence-corrected chi connectivity index (χ3v) is 22.1. The number of amides is 11. The summed E-state index contributed by atoms with van der Waals surface area (Å²) in [6, 6.07) is -1.95. The highest BCUT2D eigenvalue weighted by atomic mass is 32.2. The second-order valence-electron chi connectivity index (χ2n) is 31.8. The van der Waals surface area contributed by atoms with Crippen molar-refractivity contribution in [2.45, 2.75) is 221 Å². The number of aliphatic carboxylic acids is 3. The number of Topliss-reactive ketones (excluding diaryl/α,β-unsaturated/α-hetero) is 6. The van der Waals surface area contributed by atoms with Crippen LogP contribution in [-0.2, 0) is 131 Å². The molecule has 2 rings (SSSR count). The van der Waals surface area contributed by atoms with Gasteiger partial charge in [0.1, 0.15) is 87.4 Å². The number of nitrogens with zero attached hydrogens (tertiary/aromatic N) is 1. The van der Waals surface area contributed by atoms with Crippen molar-refractivity contribution in [3.63, 3.8) is 0 Å². The number of carbonyl (C=O) groups excluding carboxylic acids is 18. The summed E-state index contributed by atoms with van der Waals surface area (Å²) in [5.41, 5.74) is 7.20. The normalized spacial score (nSPS) is 16.3. The molecule has 0 aliphatic carbocycles. The standard InChI is InChI=1S/C83H127N11O41S/c1-43(2)71(55(101)30-44(3)78(124)89-48-8-4-45(5-9-48)40-135-42-98)93-67(112)19-22-131-24-26-133-28-29-134-27-25-132-23-20-85-66(111)18-21-94-68(113)33-62(82(94)128)136-41-52(83(129)130)92-80(126)47(7-14-64(109)87-35-57(103)73(119)76(122)60(106)38-96)32-53(99)50(11-16-69(114)115)90-79(125)46(6-13-63(108)86-34-56(102)72(118)75(121)59(105)37-95)31-54(100)51(12-17-70(116)117)91-81(127)49(84)10-15-65(110)88-36-58(104)74(120)77(123)61(107)39-97/h4-5,8-9,42-44,46-47,49-52,56-58,62,71-77,95-97,102-104,118-123H,6-7,10-41,84H2,1-3H3,(H,85,111)(H,86,108)(H,87,109)(H,88,110)(H,89,124)(H,90,125)(H,91,127)(H,92,126)(H,93,112)(H,114,115)(H,116,117)(H,129,130)/t44-,46-,47-,49+,50-,51-,52-,56+,57+,58+,62?,71+,72-,73-,74-,75-,76-,77-/m1/s1. The molecule has 1 fully saturated rings. The van der Waals surface area contributed by atoms with Crippen LogP contribution in [0.2, 0.25) is 0 Å². The van der Waals surface area contributed by atoms with Crippen molar-refractivity contribution in [2.24, 2.45) is 29.4 Å². The summed E-state index contributed by atoms with van der Waals surface area (Å²) < 4.78 is 26.7.